The first-order chi connectivity index (χ1) is 9.58. The summed E-state index contributed by atoms with van der Waals surface area (Å²) in [5.41, 5.74) is 5.65. The number of rotatable bonds is 4. The number of carbonyl (C=O) groups excluding carboxylic acids is 2. The lowest BCUT2D eigenvalue weighted by Gasteiger charge is -2.24. The second-order valence-electron chi connectivity index (χ2n) is 5.90. The lowest BCUT2D eigenvalue weighted by Crippen LogP contribution is -2.44. The molecule has 7 heteroatoms. The van der Waals surface area contributed by atoms with Crippen molar-refractivity contribution < 1.29 is 14.3 Å². The van der Waals surface area contributed by atoms with Gasteiger partial charge in [0.1, 0.15) is 17.7 Å². The maximum Gasteiger partial charge on any atom is 0.360 e. The molecule has 1 heterocycles. The van der Waals surface area contributed by atoms with Crippen molar-refractivity contribution in [3.63, 3.8) is 0 Å². The van der Waals surface area contributed by atoms with Crippen molar-refractivity contribution in [2.24, 2.45) is 0 Å². The zero-order chi connectivity index (χ0) is 16.4. The first kappa shape index (κ1) is 17.0. The lowest BCUT2D eigenvalue weighted by molar-refractivity contribution is -0.125. The van der Waals surface area contributed by atoms with Gasteiger partial charge in [-0.1, -0.05) is 0 Å². The number of hydrogen-bond donors (Lipinski definition) is 2. The van der Waals surface area contributed by atoms with Crippen LogP contribution in [0, 0.1) is 6.92 Å². The van der Waals surface area contributed by atoms with Crippen molar-refractivity contribution in [1.29, 1.82) is 0 Å². The van der Waals surface area contributed by atoms with Gasteiger partial charge in [0.2, 0.25) is 5.91 Å². The van der Waals surface area contributed by atoms with Gasteiger partial charge in [0, 0.05) is 5.54 Å². The minimum Gasteiger partial charge on any atom is -0.461 e. The molecule has 0 spiro atoms. The van der Waals surface area contributed by atoms with E-state index in [4.69, 9.17) is 10.5 Å². The van der Waals surface area contributed by atoms with E-state index in [-0.39, 0.29) is 29.6 Å². The highest BCUT2D eigenvalue weighted by atomic mass is 16.5. The number of ether oxygens (including phenoxy) is 1. The first-order valence-electron chi connectivity index (χ1n) is 6.92. The molecule has 1 aromatic rings. The molecule has 0 saturated heterocycles. The van der Waals surface area contributed by atoms with E-state index >= 15 is 0 Å². The number of imidazole rings is 1. The maximum absolute atomic E-state index is 12.2. The Kier molecular flexibility index (Phi) is 4.98. The second kappa shape index (κ2) is 6.15. The molecule has 0 aliphatic rings. The number of aryl methyl sites for hydroxylation is 1. The molecule has 7 nitrogen and oxygen atoms in total. The Bertz CT molecular complexity index is 543. The van der Waals surface area contributed by atoms with Crippen LogP contribution in [0.25, 0.3) is 0 Å². The number of nitrogens with two attached hydrogens (primary N) is 1. The third-order valence-electron chi connectivity index (χ3n) is 2.86. The molecule has 0 radical (unpaired) electrons. The summed E-state index contributed by atoms with van der Waals surface area (Å²) in [5, 5.41) is 2.88. The van der Waals surface area contributed by atoms with Crippen LogP contribution in [-0.2, 0) is 9.53 Å². The number of amides is 1. The molecule has 1 unspecified atom stereocenters. The van der Waals surface area contributed by atoms with E-state index in [2.05, 4.69) is 10.3 Å². The van der Waals surface area contributed by atoms with Crippen LogP contribution in [0.1, 0.15) is 57.0 Å². The van der Waals surface area contributed by atoms with Crippen LogP contribution in [-0.4, -0.2) is 33.6 Å². The number of nitrogens with zero attached hydrogens (tertiary/aromatic N) is 2. The number of anilines is 1. The minimum absolute atomic E-state index is 0.0461. The molecule has 1 atom stereocenters. The summed E-state index contributed by atoms with van der Waals surface area (Å²) in [5.74, 6) is -0.139. The molecule has 1 rings (SSSR count). The van der Waals surface area contributed by atoms with Gasteiger partial charge in [-0.05, 0) is 41.5 Å². The van der Waals surface area contributed by atoms with Gasteiger partial charge >= 0.3 is 5.97 Å². The Morgan fingerprint density at radius 3 is 2.48 bits per heavy atom. The van der Waals surface area contributed by atoms with Gasteiger partial charge in [-0.2, -0.15) is 0 Å². The SMILES string of the molecule is CCOC(=O)c1nc(C)n(C(C)C(=O)NC(C)(C)C)c1N. The van der Waals surface area contributed by atoms with Crippen molar-refractivity contribution in [1.82, 2.24) is 14.9 Å². The Morgan fingerprint density at radius 1 is 1.43 bits per heavy atom. The fourth-order valence-electron chi connectivity index (χ4n) is 1.99. The second-order valence-corrected chi connectivity index (χ2v) is 5.90. The Morgan fingerprint density at radius 2 is 2.00 bits per heavy atom. The number of nitrogen functional groups attached to an aromatic ring is 1. The number of esters is 1. The van der Waals surface area contributed by atoms with Gasteiger partial charge in [0.05, 0.1) is 6.61 Å². The molecule has 21 heavy (non-hydrogen) atoms. The van der Waals surface area contributed by atoms with Crippen LogP contribution in [0.2, 0.25) is 0 Å². The zero-order valence-electron chi connectivity index (χ0n) is 13.5. The molecule has 0 bridgehead atoms. The molecule has 118 valence electrons. The molecular weight excluding hydrogens is 272 g/mol. The van der Waals surface area contributed by atoms with Crippen molar-refractivity contribution in [3.8, 4) is 0 Å². The van der Waals surface area contributed by atoms with Gasteiger partial charge < -0.3 is 20.4 Å². The summed E-state index contributed by atoms with van der Waals surface area (Å²) in [4.78, 5) is 28.1. The minimum atomic E-state index is -0.583. The van der Waals surface area contributed by atoms with E-state index in [9.17, 15) is 9.59 Å². The average molecular weight is 296 g/mol. The van der Waals surface area contributed by atoms with Crippen molar-refractivity contribution >= 4 is 17.7 Å². The molecule has 0 fully saturated rings. The van der Waals surface area contributed by atoms with Crippen LogP contribution in [0.4, 0.5) is 5.82 Å². The Hall–Kier alpha value is -2.05. The van der Waals surface area contributed by atoms with E-state index in [0.717, 1.165) is 0 Å². The molecule has 3 N–H and O–H groups in total. The topological polar surface area (TPSA) is 99.2 Å². The third-order valence-corrected chi connectivity index (χ3v) is 2.86. The van der Waals surface area contributed by atoms with Crippen molar-refractivity contribution in [2.45, 2.75) is 53.1 Å². The molecule has 0 aliphatic carbocycles. The van der Waals surface area contributed by atoms with E-state index in [0.29, 0.717) is 5.82 Å². The predicted molar refractivity (Wildman–Crippen MR) is 79.9 cm³/mol. The molecule has 1 aromatic heterocycles. The summed E-state index contributed by atoms with van der Waals surface area (Å²) < 4.78 is 6.44. The van der Waals surface area contributed by atoms with Crippen LogP contribution in [0.15, 0.2) is 0 Å². The summed E-state index contributed by atoms with van der Waals surface area (Å²) in [6.07, 6.45) is 0. The number of aromatic nitrogens is 2. The quantitative estimate of drug-likeness (QED) is 0.819. The highest BCUT2D eigenvalue weighted by Gasteiger charge is 2.27. The molecule has 0 saturated carbocycles. The maximum atomic E-state index is 12.2. The smallest absolute Gasteiger partial charge is 0.360 e. The predicted octanol–water partition coefficient (Wildman–Crippen LogP) is 1.43. The zero-order valence-corrected chi connectivity index (χ0v) is 13.5. The van der Waals surface area contributed by atoms with Crippen LogP contribution in [0.3, 0.4) is 0 Å². The van der Waals surface area contributed by atoms with Gasteiger partial charge in [0.25, 0.3) is 0 Å². The highest BCUT2D eigenvalue weighted by molar-refractivity contribution is 5.93. The standard InChI is InChI=1S/C14H24N4O3/c1-7-21-13(20)10-11(15)18(9(3)16-10)8(2)12(19)17-14(4,5)6/h8H,7,15H2,1-6H3,(H,17,19). The summed E-state index contributed by atoms with van der Waals surface area (Å²) in [6.45, 7) is 11.0. The third kappa shape index (κ3) is 3.96. The molecule has 1 amide bonds. The van der Waals surface area contributed by atoms with Gasteiger partial charge in [-0.25, -0.2) is 9.78 Å². The first-order valence-corrected chi connectivity index (χ1v) is 6.92. The number of nitrogens with one attached hydrogen (secondary N) is 1. The largest absolute Gasteiger partial charge is 0.461 e. The molecule has 0 aliphatic heterocycles. The van der Waals surface area contributed by atoms with Crippen LogP contribution >= 0.6 is 0 Å². The lowest BCUT2D eigenvalue weighted by atomic mass is 10.1. The van der Waals surface area contributed by atoms with E-state index < -0.39 is 12.0 Å². The van der Waals surface area contributed by atoms with Crippen LogP contribution in [0.5, 0.6) is 0 Å². The summed E-state index contributed by atoms with van der Waals surface area (Å²) >= 11 is 0. The number of carbonyl (C=O) groups is 2. The van der Waals surface area contributed by atoms with Gasteiger partial charge in [0.15, 0.2) is 5.69 Å². The van der Waals surface area contributed by atoms with Crippen LogP contribution < -0.4 is 11.1 Å². The normalized spacial score (nSPS) is 12.9. The average Bonchev–Trinajstić information content (AvgIpc) is 2.62. The van der Waals surface area contributed by atoms with Crippen molar-refractivity contribution in [3.05, 3.63) is 11.5 Å². The molecule has 0 aromatic carbocycles. The van der Waals surface area contributed by atoms with E-state index in [1.807, 2.05) is 20.8 Å². The number of hydrogen-bond acceptors (Lipinski definition) is 5. The fraction of sp³-hybridized carbons (Fsp3) is 0.643. The Balaban J connectivity index is 3.08. The Labute approximate surface area is 124 Å². The highest BCUT2D eigenvalue weighted by Crippen LogP contribution is 2.21. The van der Waals surface area contributed by atoms with E-state index in [1.54, 1.807) is 20.8 Å². The van der Waals surface area contributed by atoms with Gasteiger partial charge in [-0.3, -0.25) is 4.79 Å². The van der Waals surface area contributed by atoms with Crippen molar-refractivity contribution in [2.75, 3.05) is 12.3 Å². The summed E-state index contributed by atoms with van der Waals surface area (Å²) in [7, 11) is 0. The fourth-order valence-corrected chi connectivity index (χ4v) is 1.99. The monoisotopic (exact) mass is 296 g/mol. The molecular formula is C14H24N4O3. The van der Waals surface area contributed by atoms with Gasteiger partial charge in [-0.15, -0.1) is 0 Å². The van der Waals surface area contributed by atoms with E-state index in [1.165, 1.54) is 4.57 Å². The summed E-state index contributed by atoms with van der Waals surface area (Å²) in [6, 6.07) is -0.570.